The van der Waals surface area contributed by atoms with E-state index in [0.29, 0.717) is 17.2 Å². The van der Waals surface area contributed by atoms with Crippen molar-refractivity contribution >= 4 is 34.9 Å². The largest absolute Gasteiger partial charge is 0.352 e. The Bertz CT molecular complexity index is 1500. The molecule has 3 aromatic carbocycles. The van der Waals surface area contributed by atoms with Crippen LogP contribution in [-0.2, 0) is 21.4 Å². The van der Waals surface area contributed by atoms with Gasteiger partial charge in [0, 0.05) is 16.9 Å². The molecule has 3 heterocycles. The Morgan fingerprint density at radius 1 is 1.03 bits per heavy atom. The summed E-state index contributed by atoms with van der Waals surface area (Å²) in [5.41, 5.74) is 4.90. The molecule has 3 aromatic rings. The van der Waals surface area contributed by atoms with Crippen molar-refractivity contribution in [1.29, 1.82) is 0 Å². The van der Waals surface area contributed by atoms with Crippen LogP contribution in [0, 0.1) is 18.8 Å². The number of aryl methyl sites for hydroxylation is 1. The molecule has 0 aromatic heterocycles. The zero-order valence-corrected chi connectivity index (χ0v) is 22.2. The lowest BCUT2D eigenvalue weighted by atomic mass is 9.64. The molecule has 192 valence electrons. The van der Waals surface area contributed by atoms with Gasteiger partial charge in [-0.1, -0.05) is 80.1 Å². The average molecular weight is 505 g/mol. The van der Waals surface area contributed by atoms with E-state index >= 15 is 0 Å². The van der Waals surface area contributed by atoms with Crippen molar-refractivity contribution in [2.45, 2.75) is 51.6 Å². The van der Waals surface area contributed by atoms with Gasteiger partial charge in [0.25, 0.3) is 0 Å². The molecule has 1 amide bonds. The van der Waals surface area contributed by atoms with Crippen molar-refractivity contribution in [3.8, 4) is 0 Å². The molecule has 0 saturated carbocycles. The van der Waals surface area contributed by atoms with Gasteiger partial charge in [-0.3, -0.25) is 14.4 Å². The van der Waals surface area contributed by atoms with E-state index in [4.69, 9.17) is 0 Å². The molecular weight excluding hydrogens is 472 g/mol. The fourth-order valence-corrected chi connectivity index (χ4v) is 6.91. The molecule has 4 unspecified atom stereocenters. The number of carbonyl (C=O) groups is 3. The molecule has 1 saturated heterocycles. The number of ketones is 2. The highest BCUT2D eigenvalue weighted by Gasteiger charge is 2.69. The molecule has 1 N–H and O–H groups in total. The van der Waals surface area contributed by atoms with Crippen LogP contribution in [0.5, 0.6) is 0 Å². The smallest absolute Gasteiger partial charge is 0.238 e. The second-order valence-corrected chi connectivity index (χ2v) is 11.3. The summed E-state index contributed by atoms with van der Waals surface area (Å²) in [7, 11) is 0. The molecule has 3 aliphatic rings. The summed E-state index contributed by atoms with van der Waals surface area (Å²) in [6, 6.07) is 20.1. The van der Waals surface area contributed by atoms with Crippen molar-refractivity contribution in [3.63, 3.8) is 0 Å². The maximum atomic E-state index is 14.5. The average Bonchev–Trinajstić information content (AvgIpc) is 3.36. The molecule has 0 aliphatic carbocycles. The number of amides is 1. The highest BCUT2D eigenvalue weighted by molar-refractivity contribution is 6.16. The first-order valence-corrected chi connectivity index (χ1v) is 13.3. The lowest BCUT2D eigenvalue weighted by Gasteiger charge is -2.37. The van der Waals surface area contributed by atoms with Crippen molar-refractivity contribution < 1.29 is 14.4 Å². The van der Waals surface area contributed by atoms with E-state index in [-0.39, 0.29) is 17.5 Å². The normalized spacial score (nSPS) is 24.8. The third-order valence-corrected chi connectivity index (χ3v) is 8.37. The monoisotopic (exact) mass is 504 g/mol. The highest BCUT2D eigenvalue weighted by atomic mass is 16.2. The zero-order valence-electron chi connectivity index (χ0n) is 22.2. The number of hydrogen-bond donors (Lipinski definition) is 1. The van der Waals surface area contributed by atoms with Gasteiger partial charge >= 0.3 is 0 Å². The van der Waals surface area contributed by atoms with Gasteiger partial charge in [-0.25, -0.2) is 0 Å². The van der Waals surface area contributed by atoms with E-state index in [9.17, 15) is 14.4 Å². The van der Waals surface area contributed by atoms with E-state index in [1.807, 2.05) is 84.6 Å². The lowest BCUT2D eigenvalue weighted by molar-refractivity contribution is -0.122. The number of benzene rings is 3. The fourth-order valence-electron chi connectivity index (χ4n) is 6.91. The number of anilines is 2. The van der Waals surface area contributed by atoms with Gasteiger partial charge in [-0.15, -0.1) is 0 Å². The summed E-state index contributed by atoms with van der Waals surface area (Å²) >= 11 is 0. The quantitative estimate of drug-likeness (QED) is 0.449. The molecule has 1 fully saturated rings. The number of Topliss-reactive ketones (excluding diaryl/α,β-unsaturated/α-hetero) is 2. The van der Waals surface area contributed by atoms with Gasteiger partial charge in [0.15, 0.2) is 11.6 Å². The van der Waals surface area contributed by atoms with Gasteiger partial charge in [-0.2, -0.15) is 0 Å². The summed E-state index contributed by atoms with van der Waals surface area (Å²) in [6.07, 6.45) is 4.97. The Morgan fingerprint density at radius 2 is 1.76 bits per heavy atom. The summed E-state index contributed by atoms with van der Waals surface area (Å²) in [4.78, 5) is 44.2. The third kappa shape index (κ3) is 3.41. The second kappa shape index (κ2) is 8.80. The molecule has 1 spiro atoms. The maximum Gasteiger partial charge on any atom is 0.238 e. The number of para-hydroxylation sites is 1. The first-order valence-electron chi connectivity index (χ1n) is 13.3. The minimum atomic E-state index is -1.24. The lowest BCUT2D eigenvalue weighted by Crippen LogP contribution is -2.51. The second-order valence-electron chi connectivity index (χ2n) is 11.3. The van der Waals surface area contributed by atoms with Crippen LogP contribution in [0.3, 0.4) is 0 Å². The summed E-state index contributed by atoms with van der Waals surface area (Å²) in [5.74, 6) is -0.916. The first kappa shape index (κ1) is 24.4. The molecule has 5 heteroatoms. The number of fused-ring (bicyclic) bond motifs is 6. The summed E-state index contributed by atoms with van der Waals surface area (Å²) < 4.78 is 0. The van der Waals surface area contributed by atoms with Gasteiger partial charge in [0.1, 0.15) is 5.41 Å². The number of rotatable bonds is 5. The fraction of sp³-hybridized carbons (Fsp3) is 0.303. The Balaban J connectivity index is 1.58. The minimum Gasteiger partial charge on any atom is -0.352 e. The first-order chi connectivity index (χ1) is 18.2. The predicted octanol–water partition coefficient (Wildman–Crippen LogP) is 5.76. The Morgan fingerprint density at radius 3 is 2.47 bits per heavy atom. The van der Waals surface area contributed by atoms with Crippen LogP contribution in [0.1, 0.15) is 53.4 Å². The standard InChI is InChI=1S/C33H32N2O3/c1-19(2)17-22-10-12-23(13-11-22)31(37)29-30(21(4)36)35-27-15-9-20(3)18-24(27)14-16-28(35)33(29)25-7-5-6-8-26(25)34-32(33)38/h5-16,18-19,28-30H,17H2,1-4H3,(H,34,38). The molecule has 0 radical (unpaired) electrons. The van der Waals surface area contributed by atoms with Crippen molar-refractivity contribution in [3.05, 3.63) is 101 Å². The number of nitrogens with one attached hydrogen (secondary N) is 1. The van der Waals surface area contributed by atoms with E-state index in [1.165, 1.54) is 6.92 Å². The van der Waals surface area contributed by atoms with E-state index in [1.54, 1.807) is 0 Å². The van der Waals surface area contributed by atoms with Crippen molar-refractivity contribution in [2.75, 3.05) is 10.2 Å². The number of nitrogens with zero attached hydrogens (tertiary/aromatic N) is 1. The van der Waals surface area contributed by atoms with Crippen LogP contribution >= 0.6 is 0 Å². The Kier molecular flexibility index (Phi) is 5.64. The van der Waals surface area contributed by atoms with Crippen LogP contribution in [0.4, 0.5) is 11.4 Å². The molecule has 4 atom stereocenters. The van der Waals surface area contributed by atoms with Crippen LogP contribution in [0.25, 0.3) is 6.08 Å². The molecule has 5 nitrogen and oxygen atoms in total. The third-order valence-electron chi connectivity index (χ3n) is 8.37. The van der Waals surface area contributed by atoms with E-state index < -0.39 is 23.4 Å². The zero-order chi connectivity index (χ0) is 26.8. The SMILES string of the molecule is CC(=O)C1C(C(=O)c2ccc(CC(C)C)cc2)C2(C(=O)Nc3ccccc32)C2C=Cc3cc(C)ccc3N12. The van der Waals surface area contributed by atoms with E-state index in [0.717, 1.165) is 34.4 Å². The summed E-state index contributed by atoms with van der Waals surface area (Å²) in [6.45, 7) is 7.90. The maximum absolute atomic E-state index is 14.5. The van der Waals surface area contributed by atoms with E-state index in [2.05, 4.69) is 25.2 Å². The number of carbonyl (C=O) groups excluding carboxylic acids is 3. The van der Waals surface area contributed by atoms with Gasteiger partial charge in [0.05, 0.1) is 18.0 Å². The van der Waals surface area contributed by atoms with Crippen molar-refractivity contribution in [1.82, 2.24) is 0 Å². The topological polar surface area (TPSA) is 66.5 Å². The van der Waals surface area contributed by atoms with Gasteiger partial charge in [0.2, 0.25) is 5.91 Å². The molecule has 6 rings (SSSR count). The Hall–Kier alpha value is -3.99. The summed E-state index contributed by atoms with van der Waals surface area (Å²) in [5, 5.41) is 3.06. The highest BCUT2D eigenvalue weighted by Crippen LogP contribution is 2.57. The molecular formula is C33H32N2O3. The van der Waals surface area contributed by atoms with Gasteiger partial charge < -0.3 is 10.2 Å². The van der Waals surface area contributed by atoms with Crippen LogP contribution < -0.4 is 10.2 Å². The van der Waals surface area contributed by atoms with Crippen LogP contribution in [0.2, 0.25) is 0 Å². The molecule has 0 bridgehead atoms. The number of hydrogen-bond acceptors (Lipinski definition) is 4. The predicted molar refractivity (Wildman–Crippen MR) is 151 cm³/mol. The minimum absolute atomic E-state index is 0.124. The molecule has 38 heavy (non-hydrogen) atoms. The van der Waals surface area contributed by atoms with Gasteiger partial charge in [-0.05, 0) is 61.1 Å². The van der Waals surface area contributed by atoms with Crippen molar-refractivity contribution in [2.24, 2.45) is 11.8 Å². The van der Waals surface area contributed by atoms with Crippen LogP contribution in [0.15, 0.2) is 72.8 Å². The van der Waals surface area contributed by atoms with Crippen LogP contribution in [-0.4, -0.2) is 29.6 Å². The molecule has 3 aliphatic heterocycles. The Labute approximate surface area is 223 Å².